The fourth-order valence-corrected chi connectivity index (χ4v) is 2.36. The van der Waals surface area contributed by atoms with E-state index in [1.54, 1.807) is 6.08 Å². The second-order valence-corrected chi connectivity index (χ2v) is 5.90. The molecule has 1 heterocycles. The van der Waals surface area contributed by atoms with Gasteiger partial charge in [-0.3, -0.25) is 0 Å². The maximum atomic E-state index is 12.6. The number of esters is 1. The summed E-state index contributed by atoms with van der Waals surface area (Å²) in [6.45, 7) is 0. The molecule has 2 aromatic rings. The van der Waals surface area contributed by atoms with Crippen LogP contribution in [0.2, 0.25) is 0 Å². The van der Waals surface area contributed by atoms with Crippen LogP contribution in [0.15, 0.2) is 59.2 Å². The highest BCUT2D eigenvalue weighted by Gasteiger charge is 2.31. The van der Waals surface area contributed by atoms with Gasteiger partial charge in [-0.15, -0.1) is 0 Å². The Morgan fingerprint density at radius 2 is 1.62 bits per heavy atom. The van der Waals surface area contributed by atoms with Crippen molar-refractivity contribution in [2.45, 2.75) is 6.18 Å². The van der Waals surface area contributed by atoms with Crippen LogP contribution in [-0.4, -0.2) is 26.0 Å². The zero-order valence-corrected chi connectivity index (χ0v) is 14.0. The number of anilines is 1. The molecule has 26 heavy (non-hydrogen) atoms. The van der Waals surface area contributed by atoms with E-state index in [0.29, 0.717) is 5.56 Å². The number of aliphatic imine (C=N–C) groups is 1. The van der Waals surface area contributed by atoms with E-state index in [-0.39, 0.29) is 11.6 Å². The molecule has 0 atom stereocenters. The third-order valence-corrected chi connectivity index (χ3v) is 3.79. The van der Waals surface area contributed by atoms with Crippen molar-refractivity contribution in [2.75, 3.05) is 19.0 Å². The number of cyclic esters (lactones) is 1. The third-order valence-electron chi connectivity index (χ3n) is 3.79. The van der Waals surface area contributed by atoms with E-state index in [4.69, 9.17) is 4.74 Å². The maximum Gasteiger partial charge on any atom is 0.416 e. The Balaban J connectivity index is 1.84. The predicted molar refractivity (Wildman–Crippen MR) is 92.8 cm³/mol. The van der Waals surface area contributed by atoms with E-state index in [9.17, 15) is 18.0 Å². The molecule has 0 N–H and O–H groups in total. The molecule has 2 aromatic carbocycles. The summed E-state index contributed by atoms with van der Waals surface area (Å²) in [7, 11) is 3.84. The van der Waals surface area contributed by atoms with Crippen LogP contribution >= 0.6 is 0 Å². The lowest BCUT2D eigenvalue weighted by molar-refractivity contribution is -0.137. The molecule has 0 saturated carbocycles. The second kappa shape index (κ2) is 6.67. The van der Waals surface area contributed by atoms with Gasteiger partial charge >= 0.3 is 12.1 Å². The first-order valence-corrected chi connectivity index (χ1v) is 7.71. The van der Waals surface area contributed by atoms with Gasteiger partial charge in [0.1, 0.15) is 0 Å². The van der Waals surface area contributed by atoms with Crippen molar-refractivity contribution in [3.63, 3.8) is 0 Å². The number of hydrogen-bond acceptors (Lipinski definition) is 4. The zero-order valence-electron chi connectivity index (χ0n) is 14.0. The Bertz CT molecular complexity index is 880. The summed E-state index contributed by atoms with van der Waals surface area (Å²) in [6, 6.07) is 11.8. The summed E-state index contributed by atoms with van der Waals surface area (Å²) in [6.07, 6.45) is -2.85. The van der Waals surface area contributed by atoms with E-state index < -0.39 is 17.7 Å². The highest BCUT2D eigenvalue weighted by atomic mass is 19.4. The van der Waals surface area contributed by atoms with Gasteiger partial charge in [-0.05, 0) is 48.0 Å². The molecule has 134 valence electrons. The van der Waals surface area contributed by atoms with Gasteiger partial charge in [-0.2, -0.15) is 13.2 Å². The smallest absolute Gasteiger partial charge is 0.402 e. The predicted octanol–water partition coefficient (Wildman–Crippen LogP) is 4.12. The molecule has 0 spiro atoms. The molecule has 0 aliphatic carbocycles. The molecule has 3 rings (SSSR count). The lowest BCUT2D eigenvalue weighted by Crippen LogP contribution is -2.08. The second-order valence-electron chi connectivity index (χ2n) is 5.90. The first-order valence-electron chi connectivity index (χ1n) is 7.71. The highest BCUT2D eigenvalue weighted by Crippen LogP contribution is 2.29. The summed E-state index contributed by atoms with van der Waals surface area (Å²) < 4.78 is 42.9. The minimum Gasteiger partial charge on any atom is -0.402 e. The maximum absolute atomic E-state index is 12.6. The number of alkyl halides is 3. The summed E-state index contributed by atoms with van der Waals surface area (Å²) in [5.41, 5.74) is 1.40. The van der Waals surface area contributed by atoms with Gasteiger partial charge in [-0.25, -0.2) is 9.79 Å². The van der Waals surface area contributed by atoms with Crippen molar-refractivity contribution >= 4 is 23.6 Å². The molecular formula is C19H15F3N2O2. The van der Waals surface area contributed by atoms with Crippen LogP contribution in [0.4, 0.5) is 18.9 Å². The Hall–Kier alpha value is -3.09. The Morgan fingerprint density at radius 1 is 1.00 bits per heavy atom. The number of ether oxygens (including phenoxy) is 1. The number of halogens is 3. The minimum absolute atomic E-state index is 0.0140. The van der Waals surface area contributed by atoms with Crippen molar-refractivity contribution in [1.82, 2.24) is 0 Å². The molecular weight excluding hydrogens is 345 g/mol. The molecule has 1 aliphatic heterocycles. The molecule has 0 unspecified atom stereocenters. The van der Waals surface area contributed by atoms with E-state index in [1.165, 1.54) is 12.1 Å². The van der Waals surface area contributed by atoms with Gasteiger partial charge in [0.15, 0.2) is 5.70 Å². The molecule has 0 saturated heterocycles. The van der Waals surface area contributed by atoms with Crippen molar-refractivity contribution in [2.24, 2.45) is 4.99 Å². The van der Waals surface area contributed by atoms with E-state index >= 15 is 0 Å². The highest BCUT2D eigenvalue weighted by molar-refractivity contribution is 6.12. The lowest BCUT2D eigenvalue weighted by Gasteiger charge is -2.11. The summed E-state index contributed by atoms with van der Waals surface area (Å²) >= 11 is 0. The molecule has 0 aromatic heterocycles. The van der Waals surface area contributed by atoms with Gasteiger partial charge in [0.25, 0.3) is 0 Å². The molecule has 0 fully saturated rings. The number of carbonyl (C=O) groups excluding carboxylic acids is 1. The van der Waals surface area contributed by atoms with Gasteiger partial charge in [0.2, 0.25) is 5.90 Å². The van der Waals surface area contributed by atoms with Gasteiger partial charge in [-0.1, -0.05) is 12.1 Å². The number of benzene rings is 2. The topological polar surface area (TPSA) is 41.9 Å². The van der Waals surface area contributed by atoms with Crippen LogP contribution in [0, 0.1) is 0 Å². The normalized spacial score (nSPS) is 15.8. The van der Waals surface area contributed by atoms with Crippen molar-refractivity contribution < 1.29 is 22.7 Å². The van der Waals surface area contributed by atoms with Crippen LogP contribution in [0.3, 0.4) is 0 Å². The van der Waals surface area contributed by atoms with Crippen molar-refractivity contribution in [1.29, 1.82) is 0 Å². The van der Waals surface area contributed by atoms with Crippen LogP contribution in [0.5, 0.6) is 0 Å². The molecule has 0 amide bonds. The Morgan fingerprint density at radius 3 is 2.15 bits per heavy atom. The molecule has 4 nitrogen and oxygen atoms in total. The average molecular weight is 360 g/mol. The lowest BCUT2D eigenvalue weighted by atomic mass is 10.1. The summed E-state index contributed by atoms with van der Waals surface area (Å²) in [5, 5.41) is 0. The fourth-order valence-electron chi connectivity index (χ4n) is 2.36. The van der Waals surface area contributed by atoms with Crippen molar-refractivity contribution in [3.8, 4) is 0 Å². The SMILES string of the molecule is CN(C)c1ccc(C=C2N=C(c3ccc(C(F)(F)F)cc3)OC2=O)cc1. The molecule has 1 aliphatic rings. The van der Waals surface area contributed by atoms with Gasteiger partial charge < -0.3 is 9.64 Å². The summed E-state index contributed by atoms with van der Waals surface area (Å²) in [5.74, 6) is -0.656. The monoisotopic (exact) mass is 360 g/mol. The van der Waals surface area contributed by atoms with Crippen LogP contribution in [0.25, 0.3) is 6.08 Å². The number of hydrogen-bond donors (Lipinski definition) is 0. The quantitative estimate of drug-likeness (QED) is 0.611. The van der Waals surface area contributed by atoms with Gasteiger partial charge in [0, 0.05) is 25.3 Å². The minimum atomic E-state index is -4.42. The Kier molecular flexibility index (Phi) is 4.54. The molecule has 7 heteroatoms. The van der Waals surface area contributed by atoms with Gasteiger partial charge in [0.05, 0.1) is 5.56 Å². The van der Waals surface area contributed by atoms with E-state index in [0.717, 1.165) is 23.4 Å². The fraction of sp³-hybridized carbons (Fsp3) is 0.158. The van der Waals surface area contributed by atoms with Crippen molar-refractivity contribution in [3.05, 3.63) is 70.9 Å². The first-order chi connectivity index (χ1) is 12.2. The van der Waals surface area contributed by atoms with Crippen LogP contribution < -0.4 is 4.90 Å². The number of rotatable bonds is 3. The zero-order chi connectivity index (χ0) is 18.9. The van der Waals surface area contributed by atoms with Crippen LogP contribution in [0.1, 0.15) is 16.7 Å². The standard InChI is InChI=1S/C19H15F3N2O2/c1-24(2)15-9-3-12(4-10-15)11-16-18(25)26-17(23-16)13-5-7-14(8-6-13)19(20,21)22/h3-11H,1-2H3. The van der Waals surface area contributed by atoms with E-state index in [1.807, 2.05) is 43.3 Å². The number of nitrogens with zero attached hydrogens (tertiary/aromatic N) is 2. The molecule has 0 radical (unpaired) electrons. The average Bonchev–Trinajstić information content (AvgIpc) is 2.95. The summed E-state index contributed by atoms with van der Waals surface area (Å²) in [4.78, 5) is 18.0. The third kappa shape index (κ3) is 3.77. The Labute approximate surface area is 148 Å². The first kappa shape index (κ1) is 17.7. The largest absolute Gasteiger partial charge is 0.416 e. The van der Waals surface area contributed by atoms with E-state index in [2.05, 4.69) is 4.99 Å². The van der Waals surface area contributed by atoms with Crippen LogP contribution in [-0.2, 0) is 15.7 Å². The number of carbonyl (C=O) groups is 1. The molecule has 0 bridgehead atoms.